The average Bonchev–Trinajstić information content (AvgIpc) is 3.00. The summed E-state index contributed by atoms with van der Waals surface area (Å²) in [6.45, 7) is 8.21. The second kappa shape index (κ2) is 5.33. The second-order valence-electron chi connectivity index (χ2n) is 6.28. The van der Waals surface area contributed by atoms with E-state index in [2.05, 4.69) is 40.8 Å². The molecule has 1 aromatic carbocycles. The standard InChI is InChI=1S/C17H19N5/c1-12-19-15(21-16(20-12)17(2,3)4)13-7-5-8-14(11-13)22-10-6-9-18-22/h5-11H,1-4H3. The summed E-state index contributed by atoms with van der Waals surface area (Å²) in [4.78, 5) is 13.6. The lowest BCUT2D eigenvalue weighted by Crippen LogP contribution is -2.18. The van der Waals surface area contributed by atoms with Gasteiger partial charge in [-0.15, -0.1) is 0 Å². The number of benzene rings is 1. The molecule has 0 N–H and O–H groups in total. The fourth-order valence-corrected chi connectivity index (χ4v) is 2.16. The molecule has 22 heavy (non-hydrogen) atoms. The van der Waals surface area contributed by atoms with Crippen molar-refractivity contribution in [3.05, 3.63) is 54.4 Å². The summed E-state index contributed by atoms with van der Waals surface area (Å²) in [6.07, 6.45) is 3.68. The van der Waals surface area contributed by atoms with Gasteiger partial charge in [0.1, 0.15) is 11.6 Å². The molecule has 0 saturated carbocycles. The van der Waals surface area contributed by atoms with Crippen molar-refractivity contribution >= 4 is 0 Å². The highest BCUT2D eigenvalue weighted by atomic mass is 15.3. The van der Waals surface area contributed by atoms with E-state index >= 15 is 0 Å². The summed E-state index contributed by atoms with van der Waals surface area (Å²) >= 11 is 0. The van der Waals surface area contributed by atoms with Crippen LogP contribution in [0.1, 0.15) is 32.4 Å². The molecule has 5 heteroatoms. The lowest BCUT2D eigenvalue weighted by atomic mass is 9.95. The Morgan fingerprint density at radius 3 is 2.50 bits per heavy atom. The summed E-state index contributed by atoms with van der Waals surface area (Å²) in [5.74, 6) is 2.24. The molecule has 3 rings (SSSR count). The first-order chi connectivity index (χ1) is 10.4. The third kappa shape index (κ3) is 2.88. The Morgan fingerprint density at radius 1 is 1.00 bits per heavy atom. The number of aryl methyl sites for hydroxylation is 1. The van der Waals surface area contributed by atoms with Gasteiger partial charge in [0.15, 0.2) is 5.82 Å². The van der Waals surface area contributed by atoms with E-state index in [0.717, 1.165) is 22.9 Å². The first kappa shape index (κ1) is 14.4. The molecule has 0 aliphatic rings. The van der Waals surface area contributed by atoms with Crippen molar-refractivity contribution in [2.75, 3.05) is 0 Å². The van der Waals surface area contributed by atoms with Crippen LogP contribution in [-0.4, -0.2) is 24.7 Å². The Labute approximate surface area is 130 Å². The lowest BCUT2D eigenvalue weighted by Gasteiger charge is -2.17. The largest absolute Gasteiger partial charge is 0.241 e. The summed E-state index contributed by atoms with van der Waals surface area (Å²) in [5, 5.41) is 4.26. The van der Waals surface area contributed by atoms with Crippen LogP contribution < -0.4 is 0 Å². The van der Waals surface area contributed by atoms with Crippen molar-refractivity contribution in [2.24, 2.45) is 0 Å². The molecule has 0 aliphatic carbocycles. The van der Waals surface area contributed by atoms with Gasteiger partial charge in [-0.1, -0.05) is 32.9 Å². The molecule has 2 heterocycles. The number of aromatic nitrogens is 5. The fraction of sp³-hybridized carbons (Fsp3) is 0.294. The molecule has 0 atom stereocenters. The molecule has 0 fully saturated rings. The van der Waals surface area contributed by atoms with Crippen molar-refractivity contribution in [2.45, 2.75) is 33.1 Å². The minimum Gasteiger partial charge on any atom is -0.241 e. The lowest BCUT2D eigenvalue weighted by molar-refractivity contribution is 0.539. The molecule has 3 aromatic rings. The highest BCUT2D eigenvalue weighted by molar-refractivity contribution is 5.58. The molecular formula is C17H19N5. The Kier molecular flexibility index (Phi) is 3.48. The van der Waals surface area contributed by atoms with Gasteiger partial charge in [-0.05, 0) is 25.1 Å². The van der Waals surface area contributed by atoms with E-state index in [1.54, 1.807) is 6.20 Å². The molecule has 0 aliphatic heterocycles. The van der Waals surface area contributed by atoms with E-state index in [-0.39, 0.29) is 5.41 Å². The number of hydrogen-bond donors (Lipinski definition) is 0. The van der Waals surface area contributed by atoms with Crippen LogP contribution in [0.15, 0.2) is 42.7 Å². The molecule has 0 saturated heterocycles. The monoisotopic (exact) mass is 293 g/mol. The predicted molar refractivity (Wildman–Crippen MR) is 85.8 cm³/mol. The van der Waals surface area contributed by atoms with Crippen LogP contribution in [0, 0.1) is 6.92 Å². The summed E-state index contributed by atoms with van der Waals surface area (Å²) in [5.41, 5.74) is 1.84. The highest BCUT2D eigenvalue weighted by Crippen LogP contribution is 2.23. The molecule has 2 aromatic heterocycles. The maximum absolute atomic E-state index is 4.65. The zero-order valence-corrected chi connectivity index (χ0v) is 13.3. The molecule has 5 nitrogen and oxygen atoms in total. The van der Waals surface area contributed by atoms with Gasteiger partial charge in [0.05, 0.1) is 5.69 Å². The first-order valence-corrected chi connectivity index (χ1v) is 7.27. The zero-order chi connectivity index (χ0) is 15.7. The first-order valence-electron chi connectivity index (χ1n) is 7.27. The van der Waals surface area contributed by atoms with Gasteiger partial charge in [-0.25, -0.2) is 19.6 Å². The van der Waals surface area contributed by atoms with Gasteiger partial charge in [0.25, 0.3) is 0 Å². The van der Waals surface area contributed by atoms with Gasteiger partial charge in [-0.3, -0.25) is 0 Å². The van der Waals surface area contributed by atoms with E-state index in [0.29, 0.717) is 5.82 Å². The van der Waals surface area contributed by atoms with Crippen LogP contribution >= 0.6 is 0 Å². The average molecular weight is 293 g/mol. The van der Waals surface area contributed by atoms with E-state index in [1.807, 2.05) is 48.1 Å². The van der Waals surface area contributed by atoms with Crippen molar-refractivity contribution < 1.29 is 0 Å². The van der Waals surface area contributed by atoms with Crippen molar-refractivity contribution in [3.8, 4) is 17.1 Å². The Hall–Kier alpha value is -2.56. The van der Waals surface area contributed by atoms with Crippen molar-refractivity contribution in [3.63, 3.8) is 0 Å². The number of hydrogen-bond acceptors (Lipinski definition) is 4. The van der Waals surface area contributed by atoms with E-state index in [4.69, 9.17) is 0 Å². The van der Waals surface area contributed by atoms with Gasteiger partial charge in [-0.2, -0.15) is 5.10 Å². The third-order valence-electron chi connectivity index (χ3n) is 3.29. The maximum atomic E-state index is 4.65. The van der Waals surface area contributed by atoms with Gasteiger partial charge >= 0.3 is 0 Å². The van der Waals surface area contributed by atoms with E-state index < -0.39 is 0 Å². The minimum absolute atomic E-state index is 0.109. The highest BCUT2D eigenvalue weighted by Gasteiger charge is 2.19. The molecule has 0 spiro atoms. The summed E-state index contributed by atoms with van der Waals surface area (Å²) in [7, 11) is 0. The zero-order valence-electron chi connectivity index (χ0n) is 13.3. The Bertz CT molecular complexity index is 785. The van der Waals surface area contributed by atoms with E-state index in [9.17, 15) is 0 Å². The Balaban J connectivity index is 2.08. The quantitative estimate of drug-likeness (QED) is 0.727. The normalized spacial score (nSPS) is 11.6. The van der Waals surface area contributed by atoms with Crippen LogP contribution in [0.2, 0.25) is 0 Å². The second-order valence-corrected chi connectivity index (χ2v) is 6.28. The molecule has 0 bridgehead atoms. The SMILES string of the molecule is Cc1nc(-c2cccc(-n3cccn3)c2)nc(C(C)(C)C)n1. The van der Waals surface area contributed by atoms with Crippen molar-refractivity contribution in [1.82, 2.24) is 24.7 Å². The third-order valence-corrected chi connectivity index (χ3v) is 3.29. The predicted octanol–water partition coefficient (Wildman–Crippen LogP) is 3.33. The molecular weight excluding hydrogens is 274 g/mol. The van der Waals surface area contributed by atoms with Gasteiger partial charge in [0.2, 0.25) is 0 Å². The van der Waals surface area contributed by atoms with Gasteiger partial charge < -0.3 is 0 Å². The van der Waals surface area contributed by atoms with Crippen LogP contribution in [0.5, 0.6) is 0 Å². The van der Waals surface area contributed by atoms with Crippen molar-refractivity contribution in [1.29, 1.82) is 0 Å². The van der Waals surface area contributed by atoms with E-state index in [1.165, 1.54) is 0 Å². The van der Waals surface area contributed by atoms with Crippen LogP contribution in [-0.2, 0) is 5.41 Å². The summed E-state index contributed by atoms with van der Waals surface area (Å²) in [6, 6.07) is 9.94. The van der Waals surface area contributed by atoms with Gasteiger partial charge in [0, 0.05) is 23.4 Å². The van der Waals surface area contributed by atoms with Crippen LogP contribution in [0.25, 0.3) is 17.1 Å². The smallest absolute Gasteiger partial charge is 0.163 e. The topological polar surface area (TPSA) is 56.5 Å². The van der Waals surface area contributed by atoms with Crippen LogP contribution in [0.4, 0.5) is 0 Å². The number of nitrogens with zero attached hydrogens (tertiary/aromatic N) is 5. The maximum Gasteiger partial charge on any atom is 0.163 e. The Morgan fingerprint density at radius 2 is 1.82 bits per heavy atom. The molecule has 0 radical (unpaired) electrons. The molecule has 0 unspecified atom stereocenters. The molecule has 112 valence electrons. The van der Waals surface area contributed by atoms with Crippen LogP contribution in [0.3, 0.4) is 0 Å². The summed E-state index contributed by atoms with van der Waals surface area (Å²) < 4.78 is 1.82. The molecule has 0 amide bonds. The fourth-order valence-electron chi connectivity index (χ4n) is 2.16. The number of rotatable bonds is 2. The minimum atomic E-state index is -0.109.